The van der Waals surface area contributed by atoms with Crippen LogP contribution in [0.5, 0.6) is 0 Å². The first kappa shape index (κ1) is 9.58. The molecule has 2 unspecified atom stereocenters. The molecule has 68 valence electrons. The van der Waals surface area contributed by atoms with Crippen LogP contribution in [-0.2, 0) is 0 Å². The number of allylic oxidation sites excluding steroid dienone is 1. The van der Waals surface area contributed by atoms with Gasteiger partial charge in [0.1, 0.15) is 0 Å². The van der Waals surface area contributed by atoms with Crippen LogP contribution >= 0.6 is 0 Å². The van der Waals surface area contributed by atoms with Crippen LogP contribution in [0, 0.1) is 5.92 Å². The molecule has 0 N–H and O–H groups in total. The highest BCUT2D eigenvalue weighted by molar-refractivity contribution is 6.43. The predicted molar refractivity (Wildman–Crippen MR) is 58.0 cm³/mol. The molecule has 0 aliphatic heterocycles. The van der Waals surface area contributed by atoms with Crippen LogP contribution in [0.4, 0.5) is 0 Å². The molecule has 0 aromatic rings. The fraction of sp³-hybridized carbons (Fsp3) is 0.600. The molecule has 1 rings (SSSR count). The van der Waals surface area contributed by atoms with Crippen molar-refractivity contribution in [1.82, 2.24) is 4.90 Å². The fourth-order valence-corrected chi connectivity index (χ4v) is 1.93. The molecule has 0 radical (unpaired) electrons. The summed E-state index contributed by atoms with van der Waals surface area (Å²) >= 11 is 0. The largest absolute Gasteiger partial charge is 0.377 e. The third kappa shape index (κ3) is 2.24. The molecule has 0 bridgehead atoms. The van der Waals surface area contributed by atoms with E-state index in [0.29, 0.717) is 0 Å². The standard InChI is InChI=1S/C10H19NSi/c1-5-9-6-10(9)11(3)7-8(2)12-4/h5,7,9-10H,1,6,12H2,2-4H3/b8-7+. The van der Waals surface area contributed by atoms with Crippen LogP contribution in [0.1, 0.15) is 13.3 Å². The minimum absolute atomic E-state index is 0.0618. The predicted octanol–water partition coefficient (Wildman–Crippen LogP) is 1.57. The Balaban J connectivity index is 2.39. The van der Waals surface area contributed by atoms with E-state index in [2.05, 4.69) is 44.3 Å². The van der Waals surface area contributed by atoms with Gasteiger partial charge in [0.15, 0.2) is 0 Å². The van der Waals surface area contributed by atoms with Gasteiger partial charge in [-0.3, -0.25) is 0 Å². The molecule has 0 heterocycles. The summed E-state index contributed by atoms with van der Waals surface area (Å²) in [5.74, 6) is 0.748. The maximum absolute atomic E-state index is 3.82. The summed E-state index contributed by atoms with van der Waals surface area (Å²) in [6.45, 7) is 8.39. The highest BCUT2D eigenvalue weighted by Crippen LogP contribution is 2.35. The van der Waals surface area contributed by atoms with Gasteiger partial charge in [-0.15, -0.1) is 6.58 Å². The molecule has 1 aliphatic rings. The van der Waals surface area contributed by atoms with Gasteiger partial charge >= 0.3 is 0 Å². The zero-order chi connectivity index (χ0) is 9.14. The number of hydrogen-bond acceptors (Lipinski definition) is 1. The molecule has 0 amide bonds. The zero-order valence-electron chi connectivity index (χ0n) is 8.38. The average Bonchev–Trinajstić information content (AvgIpc) is 2.82. The summed E-state index contributed by atoms with van der Waals surface area (Å²) in [5.41, 5.74) is 0. The molecule has 2 atom stereocenters. The maximum Gasteiger partial charge on any atom is 0.0480 e. The van der Waals surface area contributed by atoms with E-state index in [4.69, 9.17) is 0 Å². The van der Waals surface area contributed by atoms with Crippen molar-refractivity contribution in [1.29, 1.82) is 0 Å². The normalized spacial score (nSPS) is 29.4. The Morgan fingerprint density at radius 2 is 2.33 bits per heavy atom. The summed E-state index contributed by atoms with van der Waals surface area (Å²) in [6.07, 6.45) is 5.70. The van der Waals surface area contributed by atoms with Gasteiger partial charge < -0.3 is 4.90 Å². The summed E-state index contributed by atoms with van der Waals surface area (Å²) in [6, 6.07) is 0.748. The molecule has 1 fully saturated rings. The van der Waals surface area contributed by atoms with Crippen LogP contribution in [0.3, 0.4) is 0 Å². The summed E-state index contributed by atoms with van der Waals surface area (Å²) in [4.78, 5) is 2.36. The Morgan fingerprint density at radius 1 is 1.67 bits per heavy atom. The third-order valence-corrected chi connectivity index (χ3v) is 3.91. The molecule has 2 heteroatoms. The monoisotopic (exact) mass is 181 g/mol. The quantitative estimate of drug-likeness (QED) is 0.470. The lowest BCUT2D eigenvalue weighted by molar-refractivity contribution is 0.432. The topological polar surface area (TPSA) is 3.24 Å². The number of nitrogens with zero attached hydrogens (tertiary/aromatic N) is 1. The van der Waals surface area contributed by atoms with E-state index in [1.54, 1.807) is 5.20 Å². The van der Waals surface area contributed by atoms with E-state index in [0.717, 1.165) is 12.0 Å². The van der Waals surface area contributed by atoms with Crippen LogP contribution in [0.2, 0.25) is 6.55 Å². The van der Waals surface area contributed by atoms with Crippen molar-refractivity contribution in [3.63, 3.8) is 0 Å². The molecular formula is C10H19NSi. The lowest BCUT2D eigenvalue weighted by Gasteiger charge is -2.14. The van der Waals surface area contributed by atoms with Crippen molar-refractivity contribution in [3.05, 3.63) is 24.1 Å². The van der Waals surface area contributed by atoms with Crippen LogP contribution in [0.15, 0.2) is 24.1 Å². The van der Waals surface area contributed by atoms with Crippen molar-refractivity contribution in [3.8, 4) is 0 Å². The second-order valence-corrected chi connectivity index (χ2v) is 5.52. The fourth-order valence-electron chi connectivity index (χ4n) is 1.46. The van der Waals surface area contributed by atoms with Gasteiger partial charge in [0.05, 0.1) is 0 Å². The van der Waals surface area contributed by atoms with Gasteiger partial charge in [-0.2, -0.15) is 0 Å². The first-order valence-corrected chi connectivity index (χ1v) is 6.83. The van der Waals surface area contributed by atoms with Crippen molar-refractivity contribution >= 4 is 9.52 Å². The number of rotatable bonds is 4. The van der Waals surface area contributed by atoms with Crippen molar-refractivity contribution < 1.29 is 0 Å². The zero-order valence-corrected chi connectivity index (χ0v) is 9.79. The van der Waals surface area contributed by atoms with Crippen molar-refractivity contribution in [2.75, 3.05) is 7.05 Å². The summed E-state index contributed by atoms with van der Waals surface area (Å²) in [5, 5.41) is 1.59. The molecule has 0 aromatic heterocycles. The highest BCUT2D eigenvalue weighted by Gasteiger charge is 2.36. The Labute approximate surface area is 78.0 Å². The minimum atomic E-state index is 0.0618. The Bertz CT molecular complexity index is 198. The molecule has 12 heavy (non-hydrogen) atoms. The van der Waals surface area contributed by atoms with Gasteiger partial charge in [-0.1, -0.05) is 17.8 Å². The van der Waals surface area contributed by atoms with Crippen LogP contribution in [-0.4, -0.2) is 27.5 Å². The smallest absolute Gasteiger partial charge is 0.0480 e. The second kappa shape index (κ2) is 3.94. The van der Waals surface area contributed by atoms with Gasteiger partial charge in [-0.25, -0.2) is 0 Å². The second-order valence-electron chi connectivity index (χ2n) is 3.70. The van der Waals surface area contributed by atoms with Crippen LogP contribution in [0.25, 0.3) is 0 Å². The van der Waals surface area contributed by atoms with E-state index in [9.17, 15) is 0 Å². The van der Waals surface area contributed by atoms with Gasteiger partial charge in [-0.05, 0) is 25.5 Å². The van der Waals surface area contributed by atoms with Gasteiger partial charge in [0.25, 0.3) is 0 Å². The first-order chi connectivity index (χ1) is 5.69. The highest BCUT2D eigenvalue weighted by atomic mass is 28.2. The molecule has 1 aliphatic carbocycles. The van der Waals surface area contributed by atoms with Crippen LogP contribution < -0.4 is 0 Å². The van der Waals surface area contributed by atoms with E-state index < -0.39 is 0 Å². The van der Waals surface area contributed by atoms with E-state index in [1.165, 1.54) is 6.42 Å². The minimum Gasteiger partial charge on any atom is -0.377 e. The SMILES string of the molecule is C=CC1CC1N(C)/C=C(\C)[SiH2]C. The Morgan fingerprint density at radius 3 is 2.75 bits per heavy atom. The van der Waals surface area contributed by atoms with E-state index >= 15 is 0 Å². The lowest BCUT2D eigenvalue weighted by Crippen LogP contribution is -2.16. The average molecular weight is 181 g/mol. The Hall–Kier alpha value is -0.503. The van der Waals surface area contributed by atoms with Gasteiger partial charge in [0, 0.05) is 22.6 Å². The molecule has 1 saturated carbocycles. The van der Waals surface area contributed by atoms with Crippen molar-refractivity contribution in [2.24, 2.45) is 5.92 Å². The molecule has 0 spiro atoms. The third-order valence-electron chi connectivity index (χ3n) is 2.61. The van der Waals surface area contributed by atoms with E-state index in [1.807, 2.05) is 0 Å². The molecule has 1 nitrogen and oxygen atoms in total. The first-order valence-electron chi connectivity index (χ1n) is 4.70. The lowest BCUT2D eigenvalue weighted by atomic mass is 10.4. The Kier molecular flexibility index (Phi) is 3.15. The number of hydrogen-bond donors (Lipinski definition) is 0. The summed E-state index contributed by atoms with van der Waals surface area (Å²) in [7, 11) is 2.24. The van der Waals surface area contributed by atoms with Crippen molar-refractivity contribution in [2.45, 2.75) is 25.9 Å². The molecule has 0 aromatic carbocycles. The van der Waals surface area contributed by atoms with Gasteiger partial charge in [0.2, 0.25) is 0 Å². The molecular weight excluding hydrogens is 162 g/mol. The summed E-state index contributed by atoms with van der Waals surface area (Å²) < 4.78 is 0. The molecule has 0 saturated heterocycles. The van der Waals surface area contributed by atoms with E-state index in [-0.39, 0.29) is 9.52 Å². The maximum atomic E-state index is 3.82.